The summed E-state index contributed by atoms with van der Waals surface area (Å²) in [4.78, 5) is 44.6. The molecule has 8 N–H and O–H groups in total. The van der Waals surface area contributed by atoms with Gasteiger partial charge in [-0.05, 0) is 49.9 Å². The van der Waals surface area contributed by atoms with Crippen LogP contribution >= 0.6 is 0 Å². The summed E-state index contributed by atoms with van der Waals surface area (Å²) in [6, 6.07) is 16.1. The highest BCUT2D eigenvalue weighted by molar-refractivity contribution is 5.90. The van der Waals surface area contributed by atoms with Crippen molar-refractivity contribution < 1.29 is 49.6 Å². The van der Waals surface area contributed by atoms with E-state index in [9.17, 15) is 29.4 Å². The number of aromatic nitrogens is 2. The summed E-state index contributed by atoms with van der Waals surface area (Å²) in [5.41, 5.74) is 17.9. The standard InChI is InChI=1S/2C10H10N2.2C4H6O4/c2*1-7-4-5-9-8(10(7)11)3-2-6-12-9;2*5-3(6)1-2-4(7)8/h2*2-6H,11H2,1H3;2*1-2H2,(H,5,6)(H,7,8). The van der Waals surface area contributed by atoms with Crippen molar-refractivity contribution in [3.63, 3.8) is 0 Å². The highest BCUT2D eigenvalue weighted by Gasteiger charge is 2.04. The van der Waals surface area contributed by atoms with Gasteiger partial charge in [-0.25, -0.2) is 9.97 Å². The van der Waals surface area contributed by atoms with Gasteiger partial charge in [0.05, 0.1) is 23.6 Å². The third-order valence-corrected chi connectivity index (χ3v) is 5.29. The Kier molecular flexibility index (Phi) is 13.6. The Morgan fingerprint density at radius 2 is 1.00 bits per heavy atom. The lowest BCUT2D eigenvalue weighted by Gasteiger charge is -1.99. The Labute approximate surface area is 229 Å². The van der Waals surface area contributed by atoms with Crippen molar-refractivity contribution in [2.75, 3.05) is 11.5 Å². The van der Waals surface area contributed by atoms with E-state index in [2.05, 4.69) is 9.97 Å². The van der Waals surface area contributed by atoms with E-state index in [-0.39, 0.29) is 12.8 Å². The molecule has 0 saturated carbocycles. The maximum atomic E-state index is 9.61. The van der Waals surface area contributed by atoms with E-state index in [1.807, 2.05) is 74.8 Å². The summed E-state index contributed by atoms with van der Waals surface area (Å²) in [5.74, 6) is -4.89. The van der Waals surface area contributed by atoms with Crippen molar-refractivity contribution in [2.24, 2.45) is 0 Å². The second kappa shape index (κ2) is 16.6. The molecule has 0 amide bonds. The van der Waals surface area contributed by atoms with Gasteiger partial charge < -0.3 is 41.5 Å². The monoisotopic (exact) mass is 552 g/mol. The zero-order chi connectivity index (χ0) is 30.2. The Hall–Kier alpha value is -5.26. The molecule has 0 fully saturated rings. The molecule has 12 nitrogen and oxygen atoms in total. The van der Waals surface area contributed by atoms with Crippen LogP contribution in [0.4, 0.5) is 11.4 Å². The number of anilines is 2. The topological polar surface area (TPSA) is 235 Å². The van der Waals surface area contributed by atoms with Crippen LogP contribution in [0.1, 0.15) is 36.8 Å². The third kappa shape index (κ3) is 11.9. The van der Waals surface area contributed by atoms with Crippen molar-refractivity contribution in [1.29, 1.82) is 0 Å². The molecule has 0 atom stereocenters. The van der Waals surface area contributed by atoms with Crippen LogP contribution in [0, 0.1) is 13.8 Å². The maximum Gasteiger partial charge on any atom is 0.303 e. The molecular formula is C28H32N4O8. The number of pyridine rings is 2. The highest BCUT2D eigenvalue weighted by atomic mass is 16.4. The van der Waals surface area contributed by atoms with E-state index in [1.165, 1.54) is 0 Å². The molecule has 2 heterocycles. The number of hydrogen-bond donors (Lipinski definition) is 4. The number of H-pyrrole nitrogens is 2. The molecule has 4 aromatic rings. The van der Waals surface area contributed by atoms with E-state index in [0.717, 1.165) is 44.3 Å². The quantitative estimate of drug-likeness (QED) is 0.238. The number of nitrogens with two attached hydrogens (primary N) is 2. The van der Waals surface area contributed by atoms with Gasteiger partial charge in [-0.15, -0.1) is 0 Å². The van der Waals surface area contributed by atoms with Crippen molar-refractivity contribution in [3.8, 4) is 0 Å². The molecule has 2 aromatic heterocycles. The summed E-state index contributed by atoms with van der Waals surface area (Å²) in [6.07, 6.45) is 2.27. The van der Waals surface area contributed by atoms with Crippen LogP contribution in [-0.2, 0) is 19.2 Å². The van der Waals surface area contributed by atoms with E-state index >= 15 is 0 Å². The largest absolute Gasteiger partial charge is 0.550 e. The molecule has 0 spiro atoms. The number of carbonyl (C=O) groups excluding carboxylic acids is 2. The Morgan fingerprint density at radius 3 is 1.27 bits per heavy atom. The van der Waals surface area contributed by atoms with Crippen molar-refractivity contribution in [2.45, 2.75) is 39.5 Å². The van der Waals surface area contributed by atoms with E-state index in [1.54, 1.807) is 0 Å². The first-order chi connectivity index (χ1) is 18.8. The normalized spacial score (nSPS) is 9.65. The smallest absolute Gasteiger partial charge is 0.303 e. The lowest BCUT2D eigenvalue weighted by molar-refractivity contribution is -0.345. The van der Waals surface area contributed by atoms with E-state index < -0.39 is 36.7 Å². The fourth-order valence-corrected chi connectivity index (χ4v) is 3.08. The first-order valence-corrected chi connectivity index (χ1v) is 12.0. The van der Waals surface area contributed by atoms with Gasteiger partial charge in [0.25, 0.3) is 0 Å². The predicted molar refractivity (Wildman–Crippen MR) is 143 cm³/mol. The average Bonchev–Trinajstić information content (AvgIpc) is 2.92. The maximum absolute atomic E-state index is 9.61. The SMILES string of the molecule is Cc1ccc2[nH+]cccc2c1N.Cc1ccc2[nH+]cccc2c1N.O=C([O-])CCC(=O)O.O=C([O-])CCC(=O)O. The number of nitrogen functional groups attached to an aromatic ring is 2. The van der Waals surface area contributed by atoms with Crippen LogP contribution in [0.3, 0.4) is 0 Å². The van der Waals surface area contributed by atoms with Gasteiger partial charge in [0.2, 0.25) is 11.0 Å². The van der Waals surface area contributed by atoms with Crippen LogP contribution < -0.4 is 31.6 Å². The summed E-state index contributed by atoms with van der Waals surface area (Å²) >= 11 is 0. The van der Waals surface area contributed by atoms with Gasteiger partial charge >= 0.3 is 11.9 Å². The van der Waals surface area contributed by atoms with Crippen molar-refractivity contribution in [3.05, 3.63) is 72.1 Å². The van der Waals surface area contributed by atoms with Gasteiger partial charge in [-0.2, -0.15) is 0 Å². The number of carbonyl (C=O) groups is 4. The number of aryl methyl sites for hydroxylation is 2. The second-order valence-electron chi connectivity index (χ2n) is 8.39. The molecule has 0 aliphatic heterocycles. The van der Waals surface area contributed by atoms with Gasteiger partial charge in [0, 0.05) is 47.6 Å². The summed E-state index contributed by atoms with van der Waals surface area (Å²) < 4.78 is 0. The van der Waals surface area contributed by atoms with Crippen LogP contribution in [0.5, 0.6) is 0 Å². The number of fused-ring (bicyclic) bond motifs is 2. The van der Waals surface area contributed by atoms with Crippen LogP contribution in [0.15, 0.2) is 60.9 Å². The highest BCUT2D eigenvalue weighted by Crippen LogP contribution is 2.21. The van der Waals surface area contributed by atoms with E-state index in [0.29, 0.717) is 0 Å². The van der Waals surface area contributed by atoms with Gasteiger partial charge in [0.15, 0.2) is 12.4 Å². The molecule has 40 heavy (non-hydrogen) atoms. The van der Waals surface area contributed by atoms with Crippen LogP contribution in [0.25, 0.3) is 21.8 Å². The van der Waals surface area contributed by atoms with Gasteiger partial charge in [-0.3, -0.25) is 9.59 Å². The minimum absolute atomic E-state index is 0.359. The molecule has 12 heteroatoms. The molecular weight excluding hydrogens is 520 g/mol. The molecule has 0 radical (unpaired) electrons. The number of rotatable bonds is 6. The lowest BCUT2D eigenvalue weighted by Crippen LogP contribution is -2.22. The minimum atomic E-state index is -1.33. The zero-order valence-electron chi connectivity index (χ0n) is 22.1. The van der Waals surface area contributed by atoms with Crippen LogP contribution in [-0.4, -0.2) is 34.1 Å². The number of nitrogens with one attached hydrogen (secondary N) is 2. The first kappa shape index (κ1) is 32.8. The zero-order valence-corrected chi connectivity index (χ0v) is 22.1. The number of aromatic amines is 2. The lowest BCUT2D eigenvalue weighted by atomic mass is 10.1. The fraction of sp³-hybridized carbons (Fsp3) is 0.214. The molecule has 0 aliphatic rings. The first-order valence-electron chi connectivity index (χ1n) is 12.0. The van der Waals surface area contributed by atoms with E-state index in [4.69, 9.17) is 21.7 Å². The second-order valence-corrected chi connectivity index (χ2v) is 8.39. The fourth-order valence-electron chi connectivity index (χ4n) is 3.08. The van der Waals surface area contributed by atoms with Gasteiger partial charge in [0.1, 0.15) is 0 Å². The third-order valence-electron chi connectivity index (χ3n) is 5.29. The average molecular weight is 553 g/mol. The number of hydrogen-bond acceptors (Lipinski definition) is 8. The molecule has 0 unspecified atom stereocenters. The van der Waals surface area contributed by atoms with Crippen molar-refractivity contribution in [1.82, 2.24) is 0 Å². The Bertz CT molecular complexity index is 1330. The van der Waals surface area contributed by atoms with Gasteiger partial charge in [-0.1, -0.05) is 12.1 Å². The predicted octanol–water partition coefficient (Wildman–Crippen LogP) is 0.291. The molecule has 212 valence electrons. The van der Waals surface area contributed by atoms with Crippen molar-refractivity contribution >= 4 is 57.1 Å². The molecule has 0 saturated heterocycles. The number of carboxylic acid groups (broad SMARTS) is 4. The minimum Gasteiger partial charge on any atom is -0.550 e. The molecule has 0 bridgehead atoms. The number of aliphatic carboxylic acids is 4. The molecule has 2 aromatic carbocycles. The summed E-state index contributed by atoms with van der Waals surface area (Å²) in [7, 11) is 0. The molecule has 4 rings (SSSR count). The van der Waals surface area contributed by atoms with Crippen LogP contribution in [0.2, 0.25) is 0 Å². The number of carboxylic acids is 4. The number of benzene rings is 2. The Balaban J connectivity index is 0.000000273. The summed E-state index contributed by atoms with van der Waals surface area (Å²) in [6.45, 7) is 4.03. The Morgan fingerprint density at radius 1 is 0.650 bits per heavy atom. The molecule has 0 aliphatic carbocycles. The summed E-state index contributed by atoms with van der Waals surface area (Å²) in [5, 5.41) is 37.0.